The maximum Gasteiger partial charge on any atom is 0.416 e. The van der Waals surface area contributed by atoms with Gasteiger partial charge in [-0.15, -0.1) is 0 Å². The van der Waals surface area contributed by atoms with Crippen molar-refractivity contribution < 1.29 is 31.2 Å². The van der Waals surface area contributed by atoms with Crippen molar-refractivity contribution in [2.45, 2.75) is 70.3 Å². The zero-order chi connectivity index (χ0) is 29.7. The predicted molar refractivity (Wildman–Crippen MR) is 150 cm³/mol. The van der Waals surface area contributed by atoms with E-state index in [1.165, 1.54) is 11.0 Å². The van der Waals surface area contributed by atoms with Crippen LogP contribution in [0.4, 0.5) is 18.9 Å². The quantitative estimate of drug-likeness (QED) is 0.332. The van der Waals surface area contributed by atoms with Gasteiger partial charge in [0.25, 0.3) is 0 Å². The zero-order valence-electron chi connectivity index (χ0n) is 22.2. The van der Waals surface area contributed by atoms with Gasteiger partial charge in [-0.1, -0.05) is 48.2 Å². The summed E-state index contributed by atoms with van der Waals surface area (Å²) in [5, 5.41) is 3.62. The topological polar surface area (TPSA) is 86.8 Å². The third-order valence-electron chi connectivity index (χ3n) is 6.82. The Hall–Kier alpha value is -2.50. The Labute approximate surface area is 242 Å². The number of hydrogen-bond donors (Lipinski definition) is 1. The van der Waals surface area contributed by atoms with E-state index in [4.69, 9.17) is 23.2 Å². The standard InChI is InChI=1S/C27H32Cl2F3N3O4S/c1-18(26(37)33-21-8-3-4-9-21)34(17-19-12-13-23(28)24(29)15-19)25(36)11-6-14-35(40(2,38)39)22-10-5-7-20(16-22)27(30,31)32/h5,7,10,12-13,15-16,18,21H,3-4,6,8-9,11,14,17H2,1-2H3,(H,33,37)/t18-/m0/s1. The molecule has 1 saturated carbocycles. The fourth-order valence-electron chi connectivity index (χ4n) is 4.65. The summed E-state index contributed by atoms with van der Waals surface area (Å²) >= 11 is 12.2. The van der Waals surface area contributed by atoms with Crippen LogP contribution in [-0.4, -0.2) is 50.0 Å². The molecule has 0 saturated heterocycles. The third kappa shape index (κ3) is 8.75. The molecule has 0 aromatic heterocycles. The van der Waals surface area contributed by atoms with Gasteiger partial charge in [-0.3, -0.25) is 13.9 Å². The molecule has 3 rings (SSSR count). The van der Waals surface area contributed by atoms with Gasteiger partial charge in [0.05, 0.1) is 27.6 Å². The number of hydrogen-bond acceptors (Lipinski definition) is 4. The van der Waals surface area contributed by atoms with Crippen LogP contribution in [-0.2, 0) is 32.3 Å². The lowest BCUT2D eigenvalue weighted by Crippen LogP contribution is -2.49. The summed E-state index contributed by atoms with van der Waals surface area (Å²) in [4.78, 5) is 27.8. The molecule has 0 radical (unpaired) electrons. The first-order valence-corrected chi connectivity index (χ1v) is 15.5. The van der Waals surface area contributed by atoms with Crippen molar-refractivity contribution in [1.82, 2.24) is 10.2 Å². The lowest BCUT2D eigenvalue weighted by molar-refractivity contribution is -0.141. The summed E-state index contributed by atoms with van der Waals surface area (Å²) < 4.78 is 65.3. The number of benzene rings is 2. The van der Waals surface area contributed by atoms with Crippen LogP contribution >= 0.6 is 23.2 Å². The van der Waals surface area contributed by atoms with E-state index in [9.17, 15) is 31.2 Å². The van der Waals surface area contributed by atoms with E-state index in [0.29, 0.717) is 15.6 Å². The van der Waals surface area contributed by atoms with Gasteiger partial charge < -0.3 is 10.2 Å². The van der Waals surface area contributed by atoms with Crippen LogP contribution in [0.3, 0.4) is 0 Å². The Morgan fingerprint density at radius 3 is 2.35 bits per heavy atom. The summed E-state index contributed by atoms with van der Waals surface area (Å²) in [5.41, 5.74) is -0.489. The summed E-state index contributed by atoms with van der Waals surface area (Å²) in [6.45, 7) is 1.44. The Bertz CT molecular complexity index is 1320. The van der Waals surface area contributed by atoms with Crippen LogP contribution < -0.4 is 9.62 Å². The molecule has 2 aromatic carbocycles. The van der Waals surface area contributed by atoms with Gasteiger partial charge in [0.1, 0.15) is 6.04 Å². The lowest BCUT2D eigenvalue weighted by Gasteiger charge is -2.30. The average molecular weight is 623 g/mol. The number of rotatable bonds is 11. The molecule has 0 unspecified atom stereocenters. The number of sulfonamides is 1. The zero-order valence-corrected chi connectivity index (χ0v) is 24.5. The van der Waals surface area contributed by atoms with E-state index in [-0.39, 0.29) is 43.6 Å². The molecule has 1 N–H and O–H groups in total. The number of carbonyl (C=O) groups is 2. The van der Waals surface area contributed by atoms with Crippen LogP contribution in [0.1, 0.15) is 56.6 Å². The second-order valence-electron chi connectivity index (χ2n) is 9.92. The molecule has 220 valence electrons. The Kier molecular flexibility index (Phi) is 10.8. The highest BCUT2D eigenvalue weighted by atomic mass is 35.5. The summed E-state index contributed by atoms with van der Waals surface area (Å²) in [6, 6.07) is 8.10. The second-order valence-corrected chi connectivity index (χ2v) is 12.6. The molecule has 7 nitrogen and oxygen atoms in total. The van der Waals surface area contributed by atoms with Gasteiger partial charge in [0.15, 0.2) is 0 Å². The Morgan fingerprint density at radius 2 is 1.75 bits per heavy atom. The highest BCUT2D eigenvalue weighted by Gasteiger charge is 2.32. The van der Waals surface area contributed by atoms with Crippen molar-refractivity contribution in [2.75, 3.05) is 17.1 Å². The number of nitrogens with zero attached hydrogens (tertiary/aromatic N) is 2. The monoisotopic (exact) mass is 621 g/mol. The maximum absolute atomic E-state index is 13.4. The van der Waals surface area contributed by atoms with E-state index in [1.807, 2.05) is 0 Å². The molecule has 40 heavy (non-hydrogen) atoms. The number of anilines is 1. The molecule has 1 atom stereocenters. The van der Waals surface area contributed by atoms with Crippen LogP contribution in [0, 0.1) is 0 Å². The minimum Gasteiger partial charge on any atom is -0.352 e. The van der Waals surface area contributed by atoms with Gasteiger partial charge in [-0.2, -0.15) is 13.2 Å². The van der Waals surface area contributed by atoms with Crippen LogP contribution in [0.25, 0.3) is 0 Å². The average Bonchev–Trinajstić information content (AvgIpc) is 3.38. The number of amides is 2. The third-order valence-corrected chi connectivity index (χ3v) is 8.75. The number of nitrogens with one attached hydrogen (secondary N) is 1. The highest BCUT2D eigenvalue weighted by molar-refractivity contribution is 7.92. The Morgan fingerprint density at radius 1 is 1.07 bits per heavy atom. The van der Waals surface area contributed by atoms with Crippen molar-refractivity contribution in [1.29, 1.82) is 0 Å². The highest BCUT2D eigenvalue weighted by Crippen LogP contribution is 2.32. The van der Waals surface area contributed by atoms with E-state index >= 15 is 0 Å². The van der Waals surface area contributed by atoms with Gasteiger partial charge >= 0.3 is 6.18 Å². The smallest absolute Gasteiger partial charge is 0.352 e. The lowest BCUT2D eigenvalue weighted by atomic mass is 10.1. The Balaban J connectivity index is 1.76. The van der Waals surface area contributed by atoms with E-state index in [2.05, 4.69) is 5.32 Å². The fourth-order valence-corrected chi connectivity index (χ4v) is 5.93. The largest absolute Gasteiger partial charge is 0.416 e. The molecule has 2 amide bonds. The summed E-state index contributed by atoms with van der Waals surface area (Å²) in [5.74, 6) is -0.723. The number of carbonyl (C=O) groups excluding carboxylic acids is 2. The number of alkyl halides is 3. The molecule has 2 aromatic rings. The van der Waals surface area contributed by atoms with Crippen molar-refractivity contribution in [2.24, 2.45) is 0 Å². The van der Waals surface area contributed by atoms with Crippen molar-refractivity contribution in [3.05, 3.63) is 63.6 Å². The molecule has 0 heterocycles. The van der Waals surface area contributed by atoms with Crippen LogP contribution in [0.5, 0.6) is 0 Å². The van der Waals surface area contributed by atoms with Gasteiger partial charge in [0.2, 0.25) is 21.8 Å². The van der Waals surface area contributed by atoms with Crippen LogP contribution in [0.2, 0.25) is 10.0 Å². The van der Waals surface area contributed by atoms with Gasteiger partial charge in [0, 0.05) is 25.6 Å². The molecule has 13 heteroatoms. The van der Waals surface area contributed by atoms with E-state index < -0.39 is 33.7 Å². The van der Waals surface area contributed by atoms with E-state index in [1.54, 1.807) is 25.1 Å². The minimum atomic E-state index is -4.64. The molecule has 1 aliphatic carbocycles. The fraction of sp³-hybridized carbons (Fsp3) is 0.481. The first-order valence-electron chi connectivity index (χ1n) is 12.9. The van der Waals surface area contributed by atoms with Crippen molar-refractivity contribution >= 4 is 50.7 Å². The van der Waals surface area contributed by atoms with Gasteiger partial charge in [-0.25, -0.2) is 8.42 Å². The molecule has 0 aliphatic heterocycles. The van der Waals surface area contributed by atoms with Crippen LogP contribution in [0.15, 0.2) is 42.5 Å². The molecule has 0 spiro atoms. The van der Waals surface area contributed by atoms with Crippen molar-refractivity contribution in [3.8, 4) is 0 Å². The maximum atomic E-state index is 13.4. The normalized spacial score (nSPS) is 15.1. The van der Waals surface area contributed by atoms with Crippen molar-refractivity contribution in [3.63, 3.8) is 0 Å². The number of halogens is 5. The molecule has 0 bridgehead atoms. The predicted octanol–water partition coefficient (Wildman–Crippen LogP) is 6.03. The molecular formula is C27H32Cl2F3N3O4S. The first kappa shape index (κ1) is 32.0. The second kappa shape index (κ2) is 13.4. The molecule has 1 fully saturated rings. The SMILES string of the molecule is C[C@@H](C(=O)NC1CCCC1)N(Cc1ccc(Cl)c(Cl)c1)C(=O)CCCN(c1cccc(C(F)(F)F)c1)S(C)(=O)=O. The molecule has 1 aliphatic rings. The van der Waals surface area contributed by atoms with E-state index in [0.717, 1.165) is 54.4 Å². The first-order chi connectivity index (χ1) is 18.7. The minimum absolute atomic E-state index is 0.0109. The summed E-state index contributed by atoms with van der Waals surface area (Å²) in [6.07, 6.45) is -0.102. The summed E-state index contributed by atoms with van der Waals surface area (Å²) in [7, 11) is -3.95. The van der Waals surface area contributed by atoms with Gasteiger partial charge in [-0.05, 0) is 62.1 Å². The molecular weight excluding hydrogens is 590 g/mol.